The van der Waals surface area contributed by atoms with Gasteiger partial charge in [-0.25, -0.2) is 0 Å². The Morgan fingerprint density at radius 2 is 1.92 bits per heavy atom. The van der Waals surface area contributed by atoms with Crippen molar-refractivity contribution in [3.63, 3.8) is 0 Å². The van der Waals surface area contributed by atoms with Crippen LogP contribution >= 0.6 is 0 Å². The van der Waals surface area contributed by atoms with Crippen LogP contribution in [0, 0.1) is 0 Å². The molecular formula is C6H11F3N2O. The summed E-state index contributed by atoms with van der Waals surface area (Å²) in [7, 11) is 0. The number of nitrogens with two attached hydrogens (primary N) is 2. The summed E-state index contributed by atoms with van der Waals surface area (Å²) >= 11 is 0. The minimum Gasteiger partial charge on any atom is -0.368 e. The largest absolute Gasteiger partial charge is 0.389 e. The van der Waals surface area contributed by atoms with Crippen LogP contribution in [0.5, 0.6) is 0 Å². The molecule has 3 nitrogen and oxygen atoms in total. The summed E-state index contributed by atoms with van der Waals surface area (Å²) in [5.41, 5.74) is 9.84. The number of halogens is 3. The maximum Gasteiger partial charge on any atom is 0.389 e. The molecule has 0 aromatic rings. The standard InChI is InChI=1S/C6H11F3N2O/c7-6(8,9)3-1-2-4(10)5(11)12/h4H,1-3,10H2,(H2,11,12)/t4-/m1/s1. The Morgan fingerprint density at radius 1 is 1.42 bits per heavy atom. The fourth-order valence-corrected chi connectivity index (χ4v) is 0.665. The van der Waals surface area contributed by atoms with E-state index in [-0.39, 0.29) is 12.8 Å². The molecule has 0 aliphatic rings. The summed E-state index contributed by atoms with van der Waals surface area (Å²) in [6, 6.07) is -0.965. The highest BCUT2D eigenvalue weighted by atomic mass is 19.4. The summed E-state index contributed by atoms with van der Waals surface area (Å²) in [5, 5.41) is 0. The van der Waals surface area contributed by atoms with Crippen molar-refractivity contribution in [2.24, 2.45) is 11.5 Å². The number of rotatable bonds is 4. The van der Waals surface area contributed by atoms with Gasteiger partial charge in [-0.2, -0.15) is 13.2 Å². The molecule has 0 radical (unpaired) electrons. The Bertz CT molecular complexity index is 157. The molecule has 1 atom stereocenters. The van der Waals surface area contributed by atoms with Crippen LogP contribution in [-0.2, 0) is 4.79 Å². The van der Waals surface area contributed by atoms with E-state index < -0.39 is 24.5 Å². The van der Waals surface area contributed by atoms with E-state index in [4.69, 9.17) is 11.5 Å². The Hall–Kier alpha value is -0.780. The number of hydrogen-bond donors (Lipinski definition) is 2. The first-order valence-electron chi connectivity index (χ1n) is 3.44. The second-order valence-electron chi connectivity index (χ2n) is 2.52. The van der Waals surface area contributed by atoms with Crippen molar-refractivity contribution in [3.05, 3.63) is 0 Å². The van der Waals surface area contributed by atoms with Crippen LogP contribution in [0.4, 0.5) is 13.2 Å². The van der Waals surface area contributed by atoms with Gasteiger partial charge >= 0.3 is 6.18 Å². The lowest BCUT2D eigenvalue weighted by molar-refractivity contribution is -0.136. The minimum absolute atomic E-state index is 0.0190. The molecule has 0 rings (SSSR count). The maximum absolute atomic E-state index is 11.6. The smallest absolute Gasteiger partial charge is 0.368 e. The third kappa shape index (κ3) is 5.96. The van der Waals surface area contributed by atoms with Gasteiger partial charge in [-0.3, -0.25) is 4.79 Å². The average molecular weight is 184 g/mol. The normalized spacial score (nSPS) is 14.3. The van der Waals surface area contributed by atoms with Crippen molar-refractivity contribution < 1.29 is 18.0 Å². The van der Waals surface area contributed by atoms with Crippen molar-refractivity contribution in [1.29, 1.82) is 0 Å². The van der Waals surface area contributed by atoms with Gasteiger partial charge in [0.15, 0.2) is 0 Å². The summed E-state index contributed by atoms with van der Waals surface area (Å²) in [6.07, 6.45) is -5.28. The van der Waals surface area contributed by atoms with Gasteiger partial charge in [-0.05, 0) is 12.8 Å². The van der Waals surface area contributed by atoms with E-state index in [1.165, 1.54) is 0 Å². The Balaban J connectivity index is 3.51. The summed E-state index contributed by atoms with van der Waals surface area (Å²) < 4.78 is 34.7. The number of amides is 1. The minimum atomic E-state index is -4.18. The van der Waals surface area contributed by atoms with E-state index in [0.29, 0.717) is 0 Å². The van der Waals surface area contributed by atoms with E-state index >= 15 is 0 Å². The Labute approximate surface area is 67.9 Å². The van der Waals surface area contributed by atoms with Gasteiger partial charge < -0.3 is 11.5 Å². The lowest BCUT2D eigenvalue weighted by atomic mass is 10.1. The van der Waals surface area contributed by atoms with Crippen LogP contribution in [0.3, 0.4) is 0 Å². The molecule has 0 saturated carbocycles. The molecule has 0 aromatic heterocycles. The zero-order chi connectivity index (χ0) is 9.78. The monoisotopic (exact) mass is 184 g/mol. The van der Waals surface area contributed by atoms with E-state index in [1.807, 2.05) is 0 Å². The molecule has 1 amide bonds. The SMILES string of the molecule is NC(=O)[C@H](N)CCCC(F)(F)F. The highest BCUT2D eigenvalue weighted by molar-refractivity contribution is 5.79. The molecule has 0 aliphatic heterocycles. The van der Waals surface area contributed by atoms with E-state index in [0.717, 1.165) is 0 Å². The van der Waals surface area contributed by atoms with Gasteiger partial charge in [0.25, 0.3) is 0 Å². The van der Waals surface area contributed by atoms with Gasteiger partial charge in [0.2, 0.25) is 5.91 Å². The number of carbonyl (C=O) groups excluding carboxylic acids is 1. The predicted molar refractivity (Wildman–Crippen MR) is 37.1 cm³/mol. The van der Waals surface area contributed by atoms with Gasteiger partial charge in [-0.1, -0.05) is 0 Å². The second-order valence-corrected chi connectivity index (χ2v) is 2.52. The fraction of sp³-hybridized carbons (Fsp3) is 0.833. The molecule has 6 heteroatoms. The van der Waals surface area contributed by atoms with Gasteiger partial charge in [0.05, 0.1) is 6.04 Å². The molecule has 0 aromatic carbocycles. The number of carbonyl (C=O) groups is 1. The molecule has 0 spiro atoms. The van der Waals surface area contributed by atoms with Gasteiger partial charge in [0.1, 0.15) is 0 Å². The van der Waals surface area contributed by atoms with Gasteiger partial charge in [-0.15, -0.1) is 0 Å². The number of primary amides is 1. The van der Waals surface area contributed by atoms with Crippen molar-refractivity contribution in [2.45, 2.75) is 31.5 Å². The van der Waals surface area contributed by atoms with Crippen molar-refractivity contribution in [3.8, 4) is 0 Å². The lowest BCUT2D eigenvalue weighted by Gasteiger charge is -2.08. The molecule has 0 fully saturated rings. The fourth-order valence-electron chi connectivity index (χ4n) is 0.665. The summed E-state index contributed by atoms with van der Waals surface area (Å²) in [4.78, 5) is 10.3. The topological polar surface area (TPSA) is 69.1 Å². The average Bonchev–Trinajstić information content (AvgIpc) is 1.84. The highest BCUT2D eigenvalue weighted by Crippen LogP contribution is 2.22. The lowest BCUT2D eigenvalue weighted by Crippen LogP contribution is -2.36. The van der Waals surface area contributed by atoms with Crippen LogP contribution in [0.15, 0.2) is 0 Å². The molecule has 0 saturated heterocycles. The predicted octanol–water partition coefficient (Wildman–Crippen LogP) is 0.532. The molecule has 0 aliphatic carbocycles. The molecule has 0 unspecified atom stereocenters. The molecule has 0 heterocycles. The third-order valence-electron chi connectivity index (χ3n) is 1.34. The van der Waals surface area contributed by atoms with Crippen LogP contribution in [-0.4, -0.2) is 18.1 Å². The Kier molecular flexibility index (Phi) is 4.02. The maximum atomic E-state index is 11.6. The first-order valence-corrected chi connectivity index (χ1v) is 3.44. The van der Waals surface area contributed by atoms with Crippen molar-refractivity contribution >= 4 is 5.91 Å². The second kappa shape index (κ2) is 4.30. The molecule has 72 valence electrons. The first-order chi connectivity index (χ1) is 5.33. The molecular weight excluding hydrogens is 173 g/mol. The first kappa shape index (κ1) is 11.2. The zero-order valence-electron chi connectivity index (χ0n) is 6.40. The van der Waals surface area contributed by atoms with Crippen LogP contribution in [0.25, 0.3) is 0 Å². The van der Waals surface area contributed by atoms with Crippen LogP contribution in [0.1, 0.15) is 19.3 Å². The molecule has 4 N–H and O–H groups in total. The molecule has 0 bridgehead atoms. The van der Waals surface area contributed by atoms with E-state index in [2.05, 4.69) is 0 Å². The van der Waals surface area contributed by atoms with Crippen molar-refractivity contribution in [1.82, 2.24) is 0 Å². The van der Waals surface area contributed by atoms with Crippen molar-refractivity contribution in [2.75, 3.05) is 0 Å². The zero-order valence-corrected chi connectivity index (χ0v) is 6.40. The summed E-state index contributed by atoms with van der Waals surface area (Å²) in [6.45, 7) is 0. The van der Waals surface area contributed by atoms with Crippen LogP contribution in [0.2, 0.25) is 0 Å². The van der Waals surface area contributed by atoms with Crippen LogP contribution < -0.4 is 11.5 Å². The van der Waals surface area contributed by atoms with E-state index in [1.54, 1.807) is 0 Å². The molecule has 12 heavy (non-hydrogen) atoms. The van der Waals surface area contributed by atoms with Gasteiger partial charge in [0, 0.05) is 6.42 Å². The number of hydrogen-bond acceptors (Lipinski definition) is 2. The third-order valence-corrected chi connectivity index (χ3v) is 1.34. The van der Waals surface area contributed by atoms with E-state index in [9.17, 15) is 18.0 Å². The highest BCUT2D eigenvalue weighted by Gasteiger charge is 2.26. The quantitative estimate of drug-likeness (QED) is 0.669. The number of alkyl halides is 3. The Morgan fingerprint density at radius 3 is 2.25 bits per heavy atom. The summed E-state index contributed by atoms with van der Waals surface area (Å²) in [5.74, 6) is -0.767.